The van der Waals surface area contributed by atoms with Crippen LogP contribution in [0.4, 0.5) is 0 Å². The highest BCUT2D eigenvalue weighted by Crippen LogP contribution is 2.31. The highest BCUT2D eigenvalue weighted by atomic mass is 35.5. The van der Waals surface area contributed by atoms with Crippen LogP contribution in [0.5, 0.6) is 0 Å². The molecule has 92 valence electrons. The molecular formula is C12H21ClN2O. The van der Waals surface area contributed by atoms with Crippen LogP contribution in [0.15, 0.2) is 0 Å². The molecule has 3 nitrogen and oxygen atoms in total. The van der Waals surface area contributed by atoms with E-state index >= 15 is 0 Å². The second-order valence-electron chi connectivity index (χ2n) is 5.36. The molecular weight excluding hydrogens is 224 g/mol. The fourth-order valence-corrected chi connectivity index (χ4v) is 2.42. The Morgan fingerprint density at radius 2 is 2.06 bits per heavy atom. The fraction of sp³-hybridized carbons (Fsp3) is 0.750. The summed E-state index contributed by atoms with van der Waals surface area (Å²) >= 11 is 6.21. The first-order valence-electron chi connectivity index (χ1n) is 5.59. The van der Waals surface area contributed by atoms with Crippen LogP contribution in [-0.4, -0.2) is 21.0 Å². The molecule has 0 aromatic carbocycles. The van der Waals surface area contributed by atoms with Gasteiger partial charge in [-0.2, -0.15) is 5.10 Å². The highest BCUT2D eigenvalue weighted by Gasteiger charge is 2.24. The first kappa shape index (κ1) is 13.5. The summed E-state index contributed by atoms with van der Waals surface area (Å²) in [6, 6.07) is 0. The summed E-state index contributed by atoms with van der Waals surface area (Å²) in [5.41, 5.74) is 1.94. The maximum absolute atomic E-state index is 9.45. The van der Waals surface area contributed by atoms with Gasteiger partial charge in [-0.1, -0.05) is 25.4 Å². The van der Waals surface area contributed by atoms with Gasteiger partial charge in [0.1, 0.15) is 0 Å². The standard InChI is InChI=1S/C12H21ClN2O/c1-8(16)6-12(3,4)7-10-11(13)9(2)14-15(10)5/h8,16H,6-7H2,1-5H3. The second kappa shape index (κ2) is 4.76. The number of rotatable bonds is 4. The van der Waals surface area contributed by atoms with E-state index in [1.165, 1.54) is 0 Å². The summed E-state index contributed by atoms with van der Waals surface area (Å²) in [7, 11) is 1.91. The molecule has 16 heavy (non-hydrogen) atoms. The van der Waals surface area contributed by atoms with Crippen LogP contribution >= 0.6 is 11.6 Å². The molecule has 1 N–H and O–H groups in total. The quantitative estimate of drug-likeness (QED) is 0.885. The van der Waals surface area contributed by atoms with Crippen LogP contribution in [0.25, 0.3) is 0 Å². The first-order chi connectivity index (χ1) is 7.23. The van der Waals surface area contributed by atoms with Gasteiger partial charge < -0.3 is 5.11 Å². The van der Waals surface area contributed by atoms with Crippen molar-refractivity contribution in [3.63, 3.8) is 0 Å². The van der Waals surface area contributed by atoms with Crippen molar-refractivity contribution < 1.29 is 5.11 Å². The minimum Gasteiger partial charge on any atom is -0.393 e. The number of aryl methyl sites for hydroxylation is 2. The highest BCUT2D eigenvalue weighted by molar-refractivity contribution is 6.31. The molecule has 0 bridgehead atoms. The zero-order valence-corrected chi connectivity index (χ0v) is 11.5. The van der Waals surface area contributed by atoms with Gasteiger partial charge in [-0.25, -0.2) is 0 Å². The van der Waals surface area contributed by atoms with E-state index in [0.717, 1.165) is 29.3 Å². The SMILES string of the molecule is Cc1nn(C)c(CC(C)(C)CC(C)O)c1Cl. The molecule has 0 amide bonds. The van der Waals surface area contributed by atoms with Gasteiger partial charge in [-0.15, -0.1) is 0 Å². The topological polar surface area (TPSA) is 38.0 Å². The van der Waals surface area contributed by atoms with Crippen LogP contribution in [0, 0.1) is 12.3 Å². The molecule has 0 spiro atoms. The molecule has 1 heterocycles. The van der Waals surface area contributed by atoms with Crippen molar-refractivity contribution in [2.45, 2.75) is 46.6 Å². The number of aromatic nitrogens is 2. The molecule has 0 aliphatic rings. The number of aliphatic hydroxyl groups excluding tert-OH is 1. The first-order valence-corrected chi connectivity index (χ1v) is 5.97. The number of hydrogen-bond acceptors (Lipinski definition) is 2. The Labute approximate surface area is 102 Å². The maximum atomic E-state index is 9.45. The van der Waals surface area contributed by atoms with E-state index in [9.17, 15) is 5.11 Å². The maximum Gasteiger partial charge on any atom is 0.0847 e. The molecule has 1 rings (SSSR count). The van der Waals surface area contributed by atoms with Gasteiger partial charge in [0.25, 0.3) is 0 Å². The zero-order chi connectivity index (χ0) is 12.5. The molecule has 0 saturated carbocycles. The predicted octanol–water partition coefficient (Wildman–Crippen LogP) is 2.72. The minimum atomic E-state index is -0.289. The summed E-state index contributed by atoms with van der Waals surface area (Å²) in [5.74, 6) is 0. The van der Waals surface area contributed by atoms with Gasteiger partial charge >= 0.3 is 0 Å². The third-order valence-corrected chi connectivity index (χ3v) is 3.25. The Kier molecular flexibility index (Phi) is 4.02. The van der Waals surface area contributed by atoms with Crippen molar-refractivity contribution in [1.82, 2.24) is 9.78 Å². The number of aliphatic hydroxyl groups is 1. The van der Waals surface area contributed by atoms with Crippen LogP contribution in [0.3, 0.4) is 0 Å². The number of hydrogen-bond donors (Lipinski definition) is 1. The molecule has 1 aromatic rings. The summed E-state index contributed by atoms with van der Waals surface area (Å²) in [5, 5.41) is 14.5. The van der Waals surface area contributed by atoms with Gasteiger partial charge in [0.05, 0.1) is 22.5 Å². The lowest BCUT2D eigenvalue weighted by molar-refractivity contribution is 0.128. The zero-order valence-electron chi connectivity index (χ0n) is 10.7. The Balaban J connectivity index is 2.87. The molecule has 1 aromatic heterocycles. The van der Waals surface area contributed by atoms with Gasteiger partial charge in [-0.05, 0) is 32.1 Å². The van der Waals surface area contributed by atoms with Crippen molar-refractivity contribution >= 4 is 11.6 Å². The lowest BCUT2D eigenvalue weighted by Crippen LogP contribution is -2.22. The molecule has 0 aliphatic carbocycles. The molecule has 1 unspecified atom stereocenters. The Morgan fingerprint density at radius 1 is 1.50 bits per heavy atom. The van der Waals surface area contributed by atoms with Crippen molar-refractivity contribution in [1.29, 1.82) is 0 Å². The van der Waals surface area contributed by atoms with E-state index in [1.807, 2.05) is 25.6 Å². The summed E-state index contributed by atoms with van der Waals surface area (Å²) in [4.78, 5) is 0. The van der Waals surface area contributed by atoms with E-state index in [1.54, 1.807) is 0 Å². The van der Waals surface area contributed by atoms with Gasteiger partial charge in [-0.3, -0.25) is 4.68 Å². The van der Waals surface area contributed by atoms with E-state index < -0.39 is 0 Å². The Morgan fingerprint density at radius 3 is 2.44 bits per heavy atom. The van der Waals surface area contributed by atoms with E-state index in [-0.39, 0.29) is 11.5 Å². The molecule has 0 saturated heterocycles. The number of halogens is 1. The van der Waals surface area contributed by atoms with E-state index in [0.29, 0.717) is 0 Å². The Bertz CT molecular complexity index is 369. The average molecular weight is 245 g/mol. The third kappa shape index (κ3) is 3.22. The lowest BCUT2D eigenvalue weighted by Gasteiger charge is -2.26. The molecule has 0 radical (unpaired) electrons. The van der Waals surface area contributed by atoms with Crippen molar-refractivity contribution in [3.8, 4) is 0 Å². The Hall–Kier alpha value is -0.540. The summed E-state index contributed by atoms with van der Waals surface area (Å²) in [6.07, 6.45) is 1.30. The third-order valence-electron chi connectivity index (χ3n) is 2.76. The number of nitrogens with zero attached hydrogens (tertiary/aromatic N) is 2. The monoisotopic (exact) mass is 244 g/mol. The van der Waals surface area contributed by atoms with Crippen LogP contribution < -0.4 is 0 Å². The van der Waals surface area contributed by atoms with Crippen LogP contribution in [-0.2, 0) is 13.5 Å². The predicted molar refractivity (Wildman–Crippen MR) is 66.7 cm³/mol. The van der Waals surface area contributed by atoms with Gasteiger partial charge in [0, 0.05) is 7.05 Å². The van der Waals surface area contributed by atoms with Crippen molar-refractivity contribution in [2.24, 2.45) is 12.5 Å². The fourth-order valence-electron chi connectivity index (χ4n) is 2.20. The van der Waals surface area contributed by atoms with Crippen molar-refractivity contribution in [3.05, 3.63) is 16.4 Å². The smallest absolute Gasteiger partial charge is 0.0847 e. The van der Waals surface area contributed by atoms with Crippen LogP contribution in [0.2, 0.25) is 5.02 Å². The minimum absolute atomic E-state index is 0.0258. The normalized spacial score (nSPS) is 14.2. The van der Waals surface area contributed by atoms with E-state index in [4.69, 9.17) is 11.6 Å². The summed E-state index contributed by atoms with van der Waals surface area (Å²) < 4.78 is 1.83. The summed E-state index contributed by atoms with van der Waals surface area (Å²) in [6.45, 7) is 8.00. The largest absolute Gasteiger partial charge is 0.393 e. The van der Waals surface area contributed by atoms with E-state index in [2.05, 4.69) is 18.9 Å². The van der Waals surface area contributed by atoms with Gasteiger partial charge in [0.15, 0.2) is 0 Å². The molecule has 4 heteroatoms. The second-order valence-corrected chi connectivity index (χ2v) is 5.74. The molecule has 0 fully saturated rings. The van der Waals surface area contributed by atoms with Crippen LogP contribution in [0.1, 0.15) is 38.6 Å². The van der Waals surface area contributed by atoms with Gasteiger partial charge in [0.2, 0.25) is 0 Å². The molecule has 1 atom stereocenters. The average Bonchev–Trinajstić information content (AvgIpc) is 2.29. The molecule has 0 aliphatic heterocycles. The van der Waals surface area contributed by atoms with Crippen molar-refractivity contribution in [2.75, 3.05) is 0 Å². The lowest BCUT2D eigenvalue weighted by atomic mass is 9.82.